The fourth-order valence-corrected chi connectivity index (χ4v) is 3.46. The van der Waals surface area contributed by atoms with Gasteiger partial charge in [-0.1, -0.05) is 11.3 Å². The Bertz CT molecular complexity index is 619. The zero-order valence-electron chi connectivity index (χ0n) is 12.5. The van der Waals surface area contributed by atoms with Crippen LogP contribution in [0.4, 0.5) is 18.3 Å². The summed E-state index contributed by atoms with van der Waals surface area (Å²) in [5, 5.41) is 6.16. The number of hydrogen-bond donors (Lipinski definition) is 1. The lowest BCUT2D eigenvalue weighted by molar-refractivity contribution is -0.138. The summed E-state index contributed by atoms with van der Waals surface area (Å²) < 4.78 is 62.2. The van der Waals surface area contributed by atoms with Crippen LogP contribution in [0.2, 0.25) is 0 Å². The van der Waals surface area contributed by atoms with E-state index in [0.29, 0.717) is 44.1 Å². The number of anilines is 1. The van der Waals surface area contributed by atoms with Crippen LogP contribution in [0.3, 0.4) is 0 Å². The molecule has 2 rings (SSSR count). The molecule has 7 nitrogen and oxygen atoms in total. The molecule has 2 heterocycles. The second-order valence-electron chi connectivity index (χ2n) is 5.24. The van der Waals surface area contributed by atoms with E-state index in [1.54, 1.807) is 4.90 Å². The molecule has 23 heavy (non-hydrogen) atoms. The number of hydrogen-bond acceptors (Lipinski definition) is 7. The molecular formula is C11H18F3N5O2S2. The SMILES string of the molecule is CS(=O)(=O)NCCN1CCCN(c2nnc(C(F)(F)F)s2)CC1. The summed E-state index contributed by atoms with van der Waals surface area (Å²) in [6, 6.07) is 0. The molecule has 0 saturated carbocycles. The zero-order valence-corrected chi connectivity index (χ0v) is 14.1. The van der Waals surface area contributed by atoms with Gasteiger partial charge in [0.15, 0.2) is 0 Å². The van der Waals surface area contributed by atoms with Crippen molar-refractivity contribution in [3.05, 3.63) is 5.01 Å². The number of sulfonamides is 1. The monoisotopic (exact) mass is 373 g/mol. The first-order valence-electron chi connectivity index (χ1n) is 6.98. The van der Waals surface area contributed by atoms with Gasteiger partial charge in [-0.05, 0) is 13.0 Å². The van der Waals surface area contributed by atoms with E-state index < -0.39 is 21.2 Å². The Labute approximate surface area is 136 Å². The molecule has 0 aliphatic carbocycles. The van der Waals surface area contributed by atoms with Crippen molar-refractivity contribution < 1.29 is 21.6 Å². The van der Waals surface area contributed by atoms with Crippen molar-refractivity contribution in [2.75, 3.05) is 50.4 Å². The maximum atomic E-state index is 12.6. The highest BCUT2D eigenvalue weighted by Crippen LogP contribution is 2.34. The molecule has 0 aromatic carbocycles. The van der Waals surface area contributed by atoms with E-state index in [1.807, 2.05) is 0 Å². The lowest BCUT2D eigenvalue weighted by atomic mass is 10.4. The molecular weight excluding hydrogens is 355 g/mol. The van der Waals surface area contributed by atoms with Crippen molar-refractivity contribution in [2.45, 2.75) is 12.6 Å². The molecule has 0 bridgehead atoms. The predicted octanol–water partition coefficient (Wildman–Crippen LogP) is 0.618. The van der Waals surface area contributed by atoms with E-state index in [4.69, 9.17) is 0 Å². The van der Waals surface area contributed by atoms with Gasteiger partial charge in [0.1, 0.15) is 0 Å². The summed E-state index contributed by atoms with van der Waals surface area (Å²) in [7, 11) is -3.21. The smallest absolute Gasteiger partial charge is 0.345 e. The van der Waals surface area contributed by atoms with Crippen LogP contribution in [0.25, 0.3) is 0 Å². The minimum absolute atomic E-state index is 0.272. The maximum Gasteiger partial charge on any atom is 0.445 e. The van der Waals surface area contributed by atoms with Gasteiger partial charge in [-0.3, -0.25) is 0 Å². The van der Waals surface area contributed by atoms with Crippen molar-refractivity contribution >= 4 is 26.5 Å². The van der Waals surface area contributed by atoms with Crippen molar-refractivity contribution in [2.24, 2.45) is 0 Å². The number of rotatable bonds is 5. The molecule has 0 unspecified atom stereocenters. The highest BCUT2D eigenvalue weighted by molar-refractivity contribution is 7.88. The second-order valence-corrected chi connectivity index (χ2v) is 8.03. The fourth-order valence-electron chi connectivity index (χ4n) is 2.23. The Hall–Kier alpha value is -0.980. The average molecular weight is 373 g/mol. The van der Waals surface area contributed by atoms with Crippen molar-refractivity contribution in [3.8, 4) is 0 Å². The number of nitrogens with zero attached hydrogens (tertiary/aromatic N) is 4. The van der Waals surface area contributed by atoms with Gasteiger partial charge in [-0.25, -0.2) is 13.1 Å². The normalized spacial score (nSPS) is 18.2. The third kappa shape index (κ3) is 5.86. The van der Waals surface area contributed by atoms with Crippen molar-refractivity contribution in [3.63, 3.8) is 0 Å². The molecule has 0 radical (unpaired) electrons. The van der Waals surface area contributed by atoms with Crippen LogP contribution in [0.5, 0.6) is 0 Å². The number of alkyl halides is 3. The third-order valence-corrected chi connectivity index (χ3v) is 5.07. The summed E-state index contributed by atoms with van der Waals surface area (Å²) in [4.78, 5) is 3.86. The first-order valence-corrected chi connectivity index (χ1v) is 9.68. The molecule has 12 heteroatoms. The number of aromatic nitrogens is 2. The van der Waals surface area contributed by atoms with Gasteiger partial charge in [0.2, 0.25) is 20.2 Å². The molecule has 0 spiro atoms. The van der Waals surface area contributed by atoms with E-state index in [0.717, 1.165) is 19.2 Å². The summed E-state index contributed by atoms with van der Waals surface area (Å²) in [5.41, 5.74) is 0. The lowest BCUT2D eigenvalue weighted by Gasteiger charge is -2.21. The zero-order chi connectivity index (χ0) is 17.1. The summed E-state index contributed by atoms with van der Waals surface area (Å²) in [6.45, 7) is 3.40. The van der Waals surface area contributed by atoms with E-state index in [-0.39, 0.29) is 5.13 Å². The molecule has 1 aliphatic heterocycles. The average Bonchev–Trinajstić information content (AvgIpc) is 2.79. The summed E-state index contributed by atoms with van der Waals surface area (Å²) >= 11 is 0.547. The fraction of sp³-hybridized carbons (Fsp3) is 0.818. The first kappa shape index (κ1) is 18.4. The first-order chi connectivity index (χ1) is 10.6. The second kappa shape index (κ2) is 7.28. The van der Waals surface area contributed by atoms with Gasteiger partial charge in [-0.2, -0.15) is 13.2 Å². The third-order valence-electron chi connectivity index (χ3n) is 3.31. The van der Waals surface area contributed by atoms with E-state index in [9.17, 15) is 21.6 Å². The van der Waals surface area contributed by atoms with Crippen LogP contribution >= 0.6 is 11.3 Å². The number of nitrogens with one attached hydrogen (secondary N) is 1. The largest absolute Gasteiger partial charge is 0.445 e. The molecule has 1 aromatic rings. The van der Waals surface area contributed by atoms with E-state index in [2.05, 4.69) is 19.8 Å². The Morgan fingerprint density at radius 1 is 1.22 bits per heavy atom. The van der Waals surface area contributed by atoms with Crippen LogP contribution in [0, 0.1) is 0 Å². The Balaban J connectivity index is 1.87. The molecule has 1 aromatic heterocycles. The highest BCUT2D eigenvalue weighted by Gasteiger charge is 2.36. The van der Waals surface area contributed by atoms with E-state index >= 15 is 0 Å². The van der Waals surface area contributed by atoms with Gasteiger partial charge in [0, 0.05) is 32.7 Å². The van der Waals surface area contributed by atoms with Crippen molar-refractivity contribution in [1.82, 2.24) is 19.8 Å². The van der Waals surface area contributed by atoms with Gasteiger partial charge in [-0.15, -0.1) is 10.2 Å². The summed E-state index contributed by atoms with van der Waals surface area (Å²) in [5.74, 6) is 0. The number of halogens is 3. The molecule has 0 atom stereocenters. The molecule has 1 fully saturated rings. The van der Waals surface area contributed by atoms with Gasteiger partial charge < -0.3 is 9.80 Å². The topological polar surface area (TPSA) is 78.4 Å². The molecule has 1 saturated heterocycles. The molecule has 1 aliphatic rings. The van der Waals surface area contributed by atoms with Crippen LogP contribution in [-0.2, 0) is 16.2 Å². The molecule has 132 valence electrons. The van der Waals surface area contributed by atoms with Crippen LogP contribution in [0.1, 0.15) is 11.4 Å². The van der Waals surface area contributed by atoms with Gasteiger partial charge >= 0.3 is 6.18 Å². The summed E-state index contributed by atoms with van der Waals surface area (Å²) in [6.07, 6.45) is -2.60. The van der Waals surface area contributed by atoms with E-state index in [1.165, 1.54) is 0 Å². The molecule has 0 amide bonds. The van der Waals surface area contributed by atoms with Crippen molar-refractivity contribution in [1.29, 1.82) is 0 Å². The maximum absolute atomic E-state index is 12.6. The quantitative estimate of drug-likeness (QED) is 0.815. The Morgan fingerprint density at radius 3 is 2.57 bits per heavy atom. The Morgan fingerprint density at radius 2 is 1.96 bits per heavy atom. The predicted molar refractivity (Wildman–Crippen MR) is 81.0 cm³/mol. The standard InChI is InChI=1S/C11H18F3N5O2S2/c1-23(20,21)15-3-6-18-4-2-5-19(8-7-18)10-17-16-9(22-10)11(12,13)14/h15H,2-8H2,1H3. The van der Waals surface area contributed by atoms with Gasteiger partial charge in [0.05, 0.1) is 6.26 Å². The van der Waals surface area contributed by atoms with Crippen LogP contribution in [0.15, 0.2) is 0 Å². The van der Waals surface area contributed by atoms with Crippen LogP contribution in [-0.4, -0.2) is 69.0 Å². The highest BCUT2D eigenvalue weighted by atomic mass is 32.2. The molecule has 1 N–H and O–H groups in total. The lowest BCUT2D eigenvalue weighted by Crippen LogP contribution is -2.36. The minimum Gasteiger partial charge on any atom is -0.345 e. The Kier molecular flexibility index (Phi) is 5.81. The van der Waals surface area contributed by atoms with Crippen LogP contribution < -0.4 is 9.62 Å². The van der Waals surface area contributed by atoms with Gasteiger partial charge in [0.25, 0.3) is 0 Å². The minimum atomic E-state index is -4.47.